The summed E-state index contributed by atoms with van der Waals surface area (Å²) in [5, 5.41) is 6.62. The topological polar surface area (TPSA) is 66.1 Å². The van der Waals surface area contributed by atoms with E-state index in [4.69, 9.17) is 11.6 Å². The lowest BCUT2D eigenvalue weighted by atomic mass is 10.2. The number of alkyl halides is 1. The normalized spacial score (nSPS) is 22.2. The number of nitrogens with zero attached hydrogens (tertiary/aromatic N) is 2. The first-order chi connectivity index (χ1) is 7.96. The number of aromatic nitrogens is 2. The lowest BCUT2D eigenvalue weighted by Gasteiger charge is -2.16. The SMILES string of the molecule is Cc1[nH]nc(CCl)c1S(=O)(=O)N1CCC(C)C1. The van der Waals surface area contributed by atoms with E-state index in [1.54, 1.807) is 6.92 Å². The maximum Gasteiger partial charge on any atom is 0.246 e. The van der Waals surface area contributed by atoms with Gasteiger partial charge in [-0.2, -0.15) is 9.40 Å². The van der Waals surface area contributed by atoms with E-state index in [1.165, 1.54) is 4.31 Å². The van der Waals surface area contributed by atoms with Crippen molar-refractivity contribution in [3.63, 3.8) is 0 Å². The van der Waals surface area contributed by atoms with Crippen molar-refractivity contribution in [3.8, 4) is 0 Å². The van der Waals surface area contributed by atoms with Crippen molar-refractivity contribution in [2.75, 3.05) is 13.1 Å². The summed E-state index contributed by atoms with van der Waals surface area (Å²) >= 11 is 5.72. The fourth-order valence-corrected chi connectivity index (χ4v) is 4.32. The lowest BCUT2D eigenvalue weighted by molar-refractivity contribution is 0.463. The van der Waals surface area contributed by atoms with Crippen molar-refractivity contribution >= 4 is 21.6 Å². The molecule has 7 heteroatoms. The fourth-order valence-electron chi connectivity index (χ4n) is 2.14. The molecule has 5 nitrogen and oxygen atoms in total. The number of aromatic amines is 1. The summed E-state index contributed by atoms with van der Waals surface area (Å²) in [6, 6.07) is 0. The summed E-state index contributed by atoms with van der Waals surface area (Å²) in [5.41, 5.74) is 0.962. The van der Waals surface area contributed by atoms with Crippen LogP contribution < -0.4 is 0 Å². The van der Waals surface area contributed by atoms with Crippen LogP contribution in [0.2, 0.25) is 0 Å². The van der Waals surface area contributed by atoms with Crippen molar-refractivity contribution in [3.05, 3.63) is 11.4 Å². The van der Waals surface area contributed by atoms with Crippen LogP contribution in [0.1, 0.15) is 24.7 Å². The molecule has 1 N–H and O–H groups in total. The highest BCUT2D eigenvalue weighted by Crippen LogP contribution is 2.27. The second-order valence-corrected chi connectivity index (χ2v) is 6.66. The number of nitrogens with one attached hydrogen (secondary N) is 1. The Labute approximate surface area is 106 Å². The molecule has 17 heavy (non-hydrogen) atoms. The largest absolute Gasteiger partial charge is 0.281 e. The molecule has 1 fully saturated rings. The van der Waals surface area contributed by atoms with Crippen LogP contribution in [0.25, 0.3) is 0 Å². The van der Waals surface area contributed by atoms with E-state index >= 15 is 0 Å². The molecule has 1 unspecified atom stereocenters. The summed E-state index contributed by atoms with van der Waals surface area (Å²) in [7, 11) is -3.45. The first-order valence-corrected chi connectivity index (χ1v) is 7.54. The Hall–Kier alpha value is -0.590. The highest BCUT2D eigenvalue weighted by atomic mass is 35.5. The Balaban J connectivity index is 2.41. The van der Waals surface area contributed by atoms with Gasteiger partial charge in [-0.15, -0.1) is 11.6 Å². The molecule has 1 saturated heterocycles. The number of halogens is 1. The van der Waals surface area contributed by atoms with Crippen LogP contribution in [0.5, 0.6) is 0 Å². The molecule has 0 spiro atoms. The molecule has 0 radical (unpaired) electrons. The van der Waals surface area contributed by atoms with Crippen molar-refractivity contribution in [2.45, 2.75) is 31.0 Å². The van der Waals surface area contributed by atoms with E-state index in [9.17, 15) is 8.42 Å². The summed E-state index contributed by atoms with van der Waals surface area (Å²) in [6.07, 6.45) is 0.909. The molecule has 1 atom stereocenters. The highest BCUT2D eigenvalue weighted by molar-refractivity contribution is 7.89. The second-order valence-electron chi connectivity index (χ2n) is 4.51. The van der Waals surface area contributed by atoms with Crippen LogP contribution in [0.4, 0.5) is 0 Å². The van der Waals surface area contributed by atoms with Gasteiger partial charge in [0.25, 0.3) is 0 Å². The van der Waals surface area contributed by atoms with Gasteiger partial charge in [-0.3, -0.25) is 5.10 Å². The molecule has 0 bridgehead atoms. The number of rotatable bonds is 3. The molecule has 0 aliphatic carbocycles. The van der Waals surface area contributed by atoms with Crippen LogP contribution in [0, 0.1) is 12.8 Å². The Morgan fingerprint density at radius 2 is 2.29 bits per heavy atom. The maximum atomic E-state index is 12.4. The Morgan fingerprint density at radius 3 is 2.82 bits per heavy atom. The molecular formula is C10H16ClN3O2S. The van der Waals surface area contributed by atoms with Crippen LogP contribution >= 0.6 is 11.6 Å². The molecule has 2 rings (SSSR count). The van der Waals surface area contributed by atoms with E-state index in [0.29, 0.717) is 30.4 Å². The van der Waals surface area contributed by atoms with Gasteiger partial charge >= 0.3 is 0 Å². The first-order valence-electron chi connectivity index (χ1n) is 5.56. The zero-order valence-electron chi connectivity index (χ0n) is 9.90. The van der Waals surface area contributed by atoms with Gasteiger partial charge < -0.3 is 0 Å². The Morgan fingerprint density at radius 1 is 1.59 bits per heavy atom. The standard InChI is InChI=1S/C10H16ClN3O2S/c1-7-3-4-14(6-7)17(15,16)10-8(2)12-13-9(10)5-11/h7H,3-6H2,1-2H3,(H,12,13). The third-order valence-electron chi connectivity index (χ3n) is 3.07. The minimum atomic E-state index is -3.45. The number of sulfonamides is 1. The van der Waals surface area contributed by atoms with Crippen LogP contribution in [0.3, 0.4) is 0 Å². The third-order valence-corrected chi connectivity index (χ3v) is 5.39. The highest BCUT2D eigenvalue weighted by Gasteiger charge is 2.34. The Kier molecular flexibility index (Phi) is 3.47. The summed E-state index contributed by atoms with van der Waals surface area (Å²) in [5.74, 6) is 0.513. The van der Waals surface area contributed by atoms with Gasteiger partial charge in [-0.25, -0.2) is 8.42 Å². The van der Waals surface area contributed by atoms with Crippen molar-refractivity contribution in [1.29, 1.82) is 0 Å². The quantitative estimate of drug-likeness (QED) is 0.851. The van der Waals surface area contributed by atoms with Crippen LogP contribution in [0.15, 0.2) is 4.90 Å². The van der Waals surface area contributed by atoms with Gasteiger partial charge in [0.1, 0.15) is 4.90 Å². The maximum absolute atomic E-state index is 12.4. The Bertz CT molecular complexity index is 512. The molecule has 1 aliphatic rings. The van der Waals surface area contributed by atoms with Gasteiger partial charge in [0.05, 0.1) is 17.3 Å². The minimum Gasteiger partial charge on any atom is -0.281 e. The van der Waals surface area contributed by atoms with E-state index < -0.39 is 10.0 Å². The fraction of sp³-hybridized carbons (Fsp3) is 0.700. The molecule has 0 amide bonds. The van der Waals surface area contributed by atoms with Crippen molar-refractivity contribution < 1.29 is 8.42 Å². The number of H-pyrrole nitrogens is 1. The first kappa shape index (κ1) is 12.9. The molecule has 2 heterocycles. The monoisotopic (exact) mass is 277 g/mol. The molecule has 1 aliphatic heterocycles. The molecule has 0 saturated carbocycles. The molecule has 1 aromatic rings. The predicted octanol–water partition coefficient (Wildman–Crippen LogP) is 1.49. The van der Waals surface area contributed by atoms with E-state index in [-0.39, 0.29) is 10.8 Å². The molecule has 1 aromatic heterocycles. The molecular weight excluding hydrogens is 262 g/mol. The van der Waals surface area contributed by atoms with Gasteiger partial charge in [0.15, 0.2) is 0 Å². The average Bonchev–Trinajstić information content (AvgIpc) is 2.84. The smallest absolute Gasteiger partial charge is 0.246 e. The second kappa shape index (κ2) is 4.59. The molecule has 0 aromatic carbocycles. The van der Waals surface area contributed by atoms with E-state index in [0.717, 1.165) is 6.42 Å². The van der Waals surface area contributed by atoms with E-state index in [1.807, 2.05) is 0 Å². The third kappa shape index (κ3) is 2.21. The van der Waals surface area contributed by atoms with Crippen molar-refractivity contribution in [2.24, 2.45) is 5.92 Å². The summed E-state index contributed by atoms with van der Waals surface area (Å²) < 4.78 is 26.4. The van der Waals surface area contributed by atoms with Gasteiger partial charge in [0, 0.05) is 13.1 Å². The van der Waals surface area contributed by atoms with Crippen molar-refractivity contribution in [1.82, 2.24) is 14.5 Å². The number of hydrogen-bond acceptors (Lipinski definition) is 3. The average molecular weight is 278 g/mol. The summed E-state index contributed by atoms with van der Waals surface area (Å²) in [6.45, 7) is 4.92. The van der Waals surface area contributed by atoms with Gasteiger partial charge in [-0.1, -0.05) is 6.92 Å². The minimum absolute atomic E-state index is 0.0995. The van der Waals surface area contributed by atoms with E-state index in [2.05, 4.69) is 17.1 Å². The van der Waals surface area contributed by atoms with Crippen LogP contribution in [-0.2, 0) is 15.9 Å². The zero-order valence-corrected chi connectivity index (χ0v) is 11.5. The zero-order chi connectivity index (χ0) is 12.6. The molecule has 96 valence electrons. The van der Waals surface area contributed by atoms with Crippen LogP contribution in [-0.4, -0.2) is 36.0 Å². The lowest BCUT2D eigenvalue weighted by Crippen LogP contribution is -2.29. The number of hydrogen-bond donors (Lipinski definition) is 1. The predicted molar refractivity (Wildman–Crippen MR) is 65.4 cm³/mol. The van der Waals surface area contributed by atoms with Gasteiger partial charge in [-0.05, 0) is 19.3 Å². The summed E-state index contributed by atoms with van der Waals surface area (Å²) in [4.78, 5) is 0.251. The van der Waals surface area contributed by atoms with Gasteiger partial charge in [0.2, 0.25) is 10.0 Å². The number of aryl methyl sites for hydroxylation is 1.